The van der Waals surface area contributed by atoms with Crippen LogP contribution in [0.5, 0.6) is 0 Å². The zero-order valence-electron chi connectivity index (χ0n) is 9.93. The van der Waals surface area contributed by atoms with Crippen LogP contribution in [0.15, 0.2) is 24.5 Å². The molecule has 1 heterocycles. The largest absolute Gasteiger partial charge is 0.619 e. The van der Waals surface area contributed by atoms with Gasteiger partial charge in [-0.25, -0.2) is 17.6 Å². The van der Waals surface area contributed by atoms with E-state index < -0.39 is 23.3 Å². The highest BCUT2D eigenvalue weighted by Gasteiger charge is 2.21. The van der Waals surface area contributed by atoms with Gasteiger partial charge in [0.2, 0.25) is 0 Å². The fourth-order valence-corrected chi connectivity index (χ4v) is 2.09. The first-order valence-corrected chi connectivity index (χ1v) is 7.23. The maximum atomic E-state index is 12.6. The van der Waals surface area contributed by atoms with Crippen molar-refractivity contribution >= 4 is 45.2 Å². The smallest absolute Gasteiger partial charge is 0.198 e. The molecule has 0 unspecified atom stereocenters. The van der Waals surface area contributed by atoms with Crippen molar-refractivity contribution in [3.8, 4) is 0 Å². The van der Waals surface area contributed by atoms with Crippen molar-refractivity contribution in [2.24, 2.45) is 0 Å². The second-order valence-electron chi connectivity index (χ2n) is 3.63. The van der Waals surface area contributed by atoms with Crippen LogP contribution in [0, 0.1) is 42.5 Å². The molecule has 1 aromatic carbocycles. The molecule has 0 aliphatic carbocycles. The fraction of sp³-hybridized carbons (Fsp3) is 0.0833. The lowest BCUT2D eigenvalue weighted by Gasteiger charge is -2.02. The lowest BCUT2D eigenvalue weighted by atomic mass is 10.3. The summed E-state index contributed by atoms with van der Waals surface area (Å²) in [4.78, 5) is 0. The van der Waals surface area contributed by atoms with E-state index in [0.717, 1.165) is 10.3 Å². The Morgan fingerprint density at radius 1 is 0.950 bits per heavy atom. The average Bonchev–Trinajstić information content (AvgIpc) is 2.41. The standard InChI is InChI=1S/C6F4I2.C6H7NO/c7-1-2(8)4(10)6(12)5(11)3(1)9;1-6-3-2-4-7(8)5-6/h;2-5H,1H3. The highest BCUT2D eigenvalue weighted by Crippen LogP contribution is 2.26. The van der Waals surface area contributed by atoms with Crippen LogP contribution in [-0.2, 0) is 0 Å². The number of hydrogen-bond donors (Lipinski definition) is 0. The van der Waals surface area contributed by atoms with E-state index in [1.807, 2.05) is 13.0 Å². The Kier molecular flexibility index (Phi) is 6.43. The molecule has 0 atom stereocenters. The van der Waals surface area contributed by atoms with Crippen LogP contribution in [-0.4, -0.2) is 0 Å². The second kappa shape index (κ2) is 7.38. The quantitative estimate of drug-likeness (QED) is 0.131. The van der Waals surface area contributed by atoms with Crippen molar-refractivity contribution in [1.29, 1.82) is 0 Å². The van der Waals surface area contributed by atoms with Gasteiger partial charge in [0.25, 0.3) is 0 Å². The van der Waals surface area contributed by atoms with Crippen LogP contribution >= 0.6 is 45.2 Å². The van der Waals surface area contributed by atoms with Gasteiger partial charge in [-0.2, -0.15) is 4.73 Å². The predicted molar refractivity (Wildman–Crippen MR) is 81.8 cm³/mol. The highest BCUT2D eigenvalue weighted by molar-refractivity contribution is 14.1. The van der Waals surface area contributed by atoms with Gasteiger partial charge in [0.1, 0.15) is 0 Å². The number of pyridine rings is 1. The maximum absolute atomic E-state index is 12.6. The molecule has 2 nitrogen and oxygen atoms in total. The molecule has 8 heteroatoms. The van der Waals surface area contributed by atoms with Crippen LogP contribution in [0.4, 0.5) is 17.6 Å². The minimum absolute atomic E-state index is 0.246. The third kappa shape index (κ3) is 4.17. The van der Waals surface area contributed by atoms with Crippen LogP contribution in [0.3, 0.4) is 0 Å². The van der Waals surface area contributed by atoms with E-state index in [9.17, 15) is 22.8 Å². The zero-order chi connectivity index (χ0) is 15.4. The Balaban J connectivity index is 0.000000217. The molecule has 0 aliphatic heterocycles. The van der Waals surface area contributed by atoms with Crippen molar-refractivity contribution < 1.29 is 22.3 Å². The van der Waals surface area contributed by atoms with E-state index in [1.54, 1.807) is 6.07 Å². The fourth-order valence-electron chi connectivity index (χ4n) is 1.14. The summed E-state index contributed by atoms with van der Waals surface area (Å²) >= 11 is 2.82. The first-order valence-electron chi connectivity index (χ1n) is 5.08. The van der Waals surface area contributed by atoms with Crippen LogP contribution < -0.4 is 4.73 Å². The zero-order valence-corrected chi connectivity index (χ0v) is 14.2. The summed E-state index contributed by atoms with van der Waals surface area (Å²) in [6.45, 7) is 1.88. The molecule has 0 saturated heterocycles. The third-order valence-corrected chi connectivity index (χ3v) is 5.14. The highest BCUT2D eigenvalue weighted by atomic mass is 127. The number of hydrogen-bond acceptors (Lipinski definition) is 1. The summed E-state index contributed by atoms with van der Waals surface area (Å²) in [6.07, 6.45) is 2.99. The molecular weight excluding hydrogens is 504 g/mol. The van der Waals surface area contributed by atoms with E-state index in [1.165, 1.54) is 57.6 Å². The first-order chi connectivity index (χ1) is 9.25. The molecule has 108 valence electrons. The molecule has 20 heavy (non-hydrogen) atoms. The second-order valence-corrected chi connectivity index (χ2v) is 5.78. The third-order valence-electron chi connectivity index (χ3n) is 2.08. The van der Waals surface area contributed by atoms with Gasteiger partial charge < -0.3 is 5.21 Å². The molecule has 0 N–H and O–H groups in total. The Labute approximate surface area is 139 Å². The number of benzene rings is 1. The number of halogens is 6. The van der Waals surface area contributed by atoms with Gasteiger partial charge in [-0.15, -0.1) is 0 Å². The lowest BCUT2D eigenvalue weighted by Crippen LogP contribution is -2.23. The molecular formula is C12H7F4I2NO. The molecule has 0 spiro atoms. The minimum atomic E-state index is -1.77. The molecule has 0 saturated carbocycles. The summed E-state index contributed by atoms with van der Waals surface area (Å²) in [5.74, 6) is -6.23. The van der Waals surface area contributed by atoms with E-state index in [2.05, 4.69) is 0 Å². The number of aromatic nitrogens is 1. The van der Waals surface area contributed by atoms with E-state index in [0.29, 0.717) is 0 Å². The van der Waals surface area contributed by atoms with E-state index in [-0.39, 0.29) is 7.14 Å². The molecule has 0 amide bonds. The number of rotatable bonds is 0. The lowest BCUT2D eigenvalue weighted by molar-refractivity contribution is -0.605. The number of nitrogens with zero attached hydrogens (tertiary/aromatic N) is 1. The minimum Gasteiger partial charge on any atom is -0.619 e. The Morgan fingerprint density at radius 2 is 1.40 bits per heavy atom. The van der Waals surface area contributed by atoms with E-state index >= 15 is 0 Å². The SMILES string of the molecule is Cc1ccc[n+]([O-])c1.Fc1c(F)c(F)c(I)c(I)c1F. The van der Waals surface area contributed by atoms with E-state index in [4.69, 9.17) is 0 Å². The Hall–Kier alpha value is -0.650. The van der Waals surface area contributed by atoms with Crippen LogP contribution in [0.25, 0.3) is 0 Å². The van der Waals surface area contributed by atoms with Gasteiger partial charge in [-0.1, -0.05) is 0 Å². The topological polar surface area (TPSA) is 26.9 Å². The van der Waals surface area contributed by atoms with Gasteiger partial charge in [0, 0.05) is 11.6 Å². The Morgan fingerprint density at radius 3 is 1.70 bits per heavy atom. The van der Waals surface area contributed by atoms with Crippen molar-refractivity contribution in [3.05, 3.63) is 65.7 Å². The summed E-state index contributed by atoms with van der Waals surface area (Å²) in [7, 11) is 0. The maximum Gasteiger partial charge on any atom is 0.198 e. The van der Waals surface area contributed by atoms with Crippen molar-refractivity contribution in [2.45, 2.75) is 6.92 Å². The van der Waals surface area contributed by atoms with Gasteiger partial charge >= 0.3 is 0 Å². The Bertz CT molecular complexity index is 515. The number of aryl methyl sites for hydroxylation is 1. The summed E-state index contributed by atoms with van der Waals surface area (Å²) in [6, 6.07) is 3.61. The predicted octanol–water partition coefficient (Wildman–Crippen LogP) is 4.08. The summed E-state index contributed by atoms with van der Waals surface area (Å²) < 4.78 is 50.4. The molecule has 0 bridgehead atoms. The molecule has 2 aromatic rings. The van der Waals surface area contributed by atoms with Crippen molar-refractivity contribution in [3.63, 3.8) is 0 Å². The molecule has 0 fully saturated rings. The normalized spacial score (nSPS) is 9.95. The van der Waals surface area contributed by atoms with Gasteiger partial charge in [-0.3, -0.25) is 0 Å². The van der Waals surface area contributed by atoms with Crippen molar-refractivity contribution in [2.75, 3.05) is 0 Å². The first kappa shape index (κ1) is 17.4. The van der Waals surface area contributed by atoms with Crippen LogP contribution in [0.2, 0.25) is 0 Å². The van der Waals surface area contributed by atoms with Crippen molar-refractivity contribution in [1.82, 2.24) is 0 Å². The molecule has 0 radical (unpaired) electrons. The summed E-state index contributed by atoms with van der Waals surface area (Å²) in [5, 5.41) is 10.4. The molecule has 2 rings (SSSR count). The van der Waals surface area contributed by atoms with Gasteiger partial charge in [-0.05, 0) is 58.2 Å². The van der Waals surface area contributed by atoms with Crippen LogP contribution in [0.1, 0.15) is 5.56 Å². The molecule has 0 aliphatic rings. The summed E-state index contributed by atoms with van der Waals surface area (Å²) in [5.41, 5.74) is 0.988. The van der Waals surface area contributed by atoms with Gasteiger partial charge in [0.05, 0.1) is 7.14 Å². The van der Waals surface area contributed by atoms with Gasteiger partial charge in [0.15, 0.2) is 35.7 Å². The monoisotopic (exact) mass is 511 g/mol. The molecule has 1 aromatic heterocycles. The average molecular weight is 511 g/mol.